The molecule has 20 heavy (non-hydrogen) atoms. The van der Waals surface area contributed by atoms with E-state index in [2.05, 4.69) is 57.5 Å². The minimum Gasteiger partial charge on any atom is -0.198 e. The molecule has 0 saturated carbocycles. The normalized spacial score (nSPS) is 30.4. The Labute approximate surface area is 126 Å². The molecule has 0 radical (unpaired) electrons. The highest BCUT2D eigenvalue weighted by Gasteiger charge is 2.45. The number of allylic oxidation sites excluding steroid dienone is 4. The minimum absolute atomic E-state index is 0.567. The monoisotopic (exact) mass is 303 g/mol. The maximum Gasteiger partial charge on any atom is 0.0726 e. The number of hydrogen-bond donors (Lipinski definition) is 0. The molecule has 0 unspecified atom stereocenters. The zero-order valence-electron chi connectivity index (χ0n) is 14.0. The van der Waals surface area contributed by atoms with Crippen LogP contribution in [0.4, 0.5) is 0 Å². The second kappa shape index (κ2) is 5.31. The van der Waals surface area contributed by atoms with E-state index in [1.165, 1.54) is 6.42 Å². The third-order valence-corrected chi connectivity index (χ3v) is 9.65. The van der Waals surface area contributed by atoms with E-state index in [1.54, 1.807) is 0 Å². The largest absolute Gasteiger partial charge is 0.198 e. The van der Waals surface area contributed by atoms with E-state index >= 15 is 0 Å². The van der Waals surface area contributed by atoms with Crippen molar-refractivity contribution in [2.24, 2.45) is 17.8 Å². The Bertz CT molecular complexity index is 483. The summed E-state index contributed by atoms with van der Waals surface area (Å²) in [5, 5.41) is 12.9. The van der Waals surface area contributed by atoms with Gasteiger partial charge in [0, 0.05) is 6.42 Å². The van der Waals surface area contributed by atoms with Crippen LogP contribution in [0, 0.1) is 29.1 Å². The molecule has 0 fully saturated rings. The number of rotatable bonds is 3. The van der Waals surface area contributed by atoms with Gasteiger partial charge in [0.15, 0.2) is 0 Å². The predicted molar refractivity (Wildman–Crippen MR) is 92.8 cm³/mol. The van der Waals surface area contributed by atoms with Gasteiger partial charge in [-0.25, -0.2) is 0 Å². The fraction of sp³-hybridized carbons (Fsp3) is 0.706. The molecular formula is C17H29NSi2. The molecule has 0 saturated heterocycles. The van der Waals surface area contributed by atoms with E-state index in [-0.39, 0.29) is 0 Å². The van der Waals surface area contributed by atoms with Gasteiger partial charge >= 0.3 is 0 Å². The first-order chi connectivity index (χ1) is 9.16. The Balaban J connectivity index is 2.57. The average molecular weight is 304 g/mol. The average Bonchev–Trinajstić information content (AvgIpc) is 2.54. The van der Waals surface area contributed by atoms with Crippen molar-refractivity contribution >= 4 is 16.1 Å². The summed E-state index contributed by atoms with van der Waals surface area (Å²) in [4.78, 5) is 0. The van der Waals surface area contributed by atoms with Gasteiger partial charge in [-0.15, -0.1) is 0 Å². The molecule has 2 rings (SSSR count). The van der Waals surface area contributed by atoms with Crippen LogP contribution in [-0.4, -0.2) is 16.1 Å². The van der Waals surface area contributed by atoms with Crippen LogP contribution < -0.4 is 0 Å². The van der Waals surface area contributed by atoms with Crippen molar-refractivity contribution in [1.82, 2.24) is 0 Å². The van der Waals surface area contributed by atoms with Gasteiger partial charge in [0.25, 0.3) is 0 Å². The molecule has 0 aromatic rings. The van der Waals surface area contributed by atoms with Crippen LogP contribution in [-0.2, 0) is 0 Å². The molecule has 2 aliphatic rings. The van der Waals surface area contributed by atoms with Crippen LogP contribution in [0.5, 0.6) is 0 Å². The highest BCUT2D eigenvalue weighted by molar-refractivity contribution is 6.89. The topological polar surface area (TPSA) is 23.8 Å². The Morgan fingerprint density at radius 2 is 1.70 bits per heavy atom. The van der Waals surface area contributed by atoms with Gasteiger partial charge in [0.2, 0.25) is 0 Å². The number of fused-ring (bicyclic) bond motifs is 2. The third kappa shape index (κ3) is 2.87. The highest BCUT2D eigenvalue weighted by Crippen LogP contribution is 2.51. The standard InChI is InChI=1S/C17H29NSi2/c1-19(2,3)16-14-9-7-8-13(10-11-18)15(12-14)17(16)20(4,5)6/h7,9,13-15H,8,10,12H2,1-6H3/t13-,14+,15+/m1/s1. The van der Waals surface area contributed by atoms with Gasteiger partial charge in [0.1, 0.15) is 0 Å². The summed E-state index contributed by atoms with van der Waals surface area (Å²) >= 11 is 0. The first kappa shape index (κ1) is 15.8. The van der Waals surface area contributed by atoms with Gasteiger partial charge in [-0.3, -0.25) is 0 Å². The van der Waals surface area contributed by atoms with Crippen LogP contribution in [0.2, 0.25) is 39.3 Å². The van der Waals surface area contributed by atoms with Crippen molar-refractivity contribution in [3.8, 4) is 6.07 Å². The lowest BCUT2D eigenvalue weighted by Gasteiger charge is -2.34. The first-order valence-electron chi connectivity index (χ1n) is 7.95. The van der Waals surface area contributed by atoms with Crippen LogP contribution in [0.3, 0.4) is 0 Å². The lowest BCUT2D eigenvalue weighted by Crippen LogP contribution is -2.36. The Hall–Kier alpha value is -0.596. The maximum absolute atomic E-state index is 9.18. The Morgan fingerprint density at radius 3 is 2.20 bits per heavy atom. The van der Waals surface area contributed by atoms with Gasteiger partial charge in [-0.2, -0.15) is 5.26 Å². The molecular weight excluding hydrogens is 274 g/mol. The summed E-state index contributed by atoms with van der Waals surface area (Å²) in [5.74, 6) is 1.96. The molecule has 0 spiro atoms. The van der Waals surface area contributed by atoms with Crippen LogP contribution >= 0.6 is 0 Å². The summed E-state index contributed by atoms with van der Waals surface area (Å²) in [6.07, 6.45) is 7.98. The third-order valence-electron chi connectivity index (χ3n) is 4.89. The van der Waals surface area contributed by atoms with Crippen molar-refractivity contribution < 1.29 is 0 Å². The van der Waals surface area contributed by atoms with Crippen LogP contribution in [0.25, 0.3) is 0 Å². The quantitative estimate of drug-likeness (QED) is 0.521. The van der Waals surface area contributed by atoms with E-state index in [1.807, 2.05) is 10.4 Å². The van der Waals surface area contributed by atoms with Gasteiger partial charge < -0.3 is 0 Å². The van der Waals surface area contributed by atoms with Crippen molar-refractivity contribution in [3.05, 3.63) is 22.5 Å². The SMILES string of the molecule is C[Si](C)(C)C1=C([Si](C)(C)C)[C@H]2C=CC[C@H](CC#N)[C@@H]1C2. The van der Waals surface area contributed by atoms with E-state index in [4.69, 9.17) is 0 Å². The van der Waals surface area contributed by atoms with Crippen LogP contribution in [0.1, 0.15) is 19.3 Å². The molecule has 0 amide bonds. The number of nitrogens with zero attached hydrogens (tertiary/aromatic N) is 1. The zero-order chi connectivity index (χ0) is 15.1. The molecule has 0 aromatic carbocycles. The van der Waals surface area contributed by atoms with E-state index in [9.17, 15) is 5.26 Å². The van der Waals surface area contributed by atoms with Gasteiger partial charge in [0.05, 0.1) is 22.2 Å². The first-order valence-corrected chi connectivity index (χ1v) is 14.9. The molecule has 3 heteroatoms. The maximum atomic E-state index is 9.18. The van der Waals surface area contributed by atoms with Crippen LogP contribution in [0.15, 0.2) is 22.5 Å². The van der Waals surface area contributed by atoms with Crippen molar-refractivity contribution in [2.45, 2.75) is 58.5 Å². The second-order valence-electron chi connectivity index (χ2n) is 8.56. The second-order valence-corrected chi connectivity index (χ2v) is 18.6. The fourth-order valence-corrected chi connectivity index (χ4v) is 11.4. The molecule has 0 heterocycles. The molecule has 0 N–H and O–H groups in total. The predicted octanol–water partition coefficient (Wildman–Crippen LogP) is 5.16. The molecule has 0 aliphatic heterocycles. The lowest BCUT2D eigenvalue weighted by atomic mass is 9.87. The summed E-state index contributed by atoms with van der Waals surface area (Å²) in [6, 6.07) is 2.44. The molecule has 110 valence electrons. The molecule has 2 bridgehead atoms. The highest BCUT2D eigenvalue weighted by atomic mass is 28.3. The molecule has 3 atom stereocenters. The summed E-state index contributed by atoms with van der Waals surface area (Å²) in [7, 11) is -2.58. The summed E-state index contributed by atoms with van der Waals surface area (Å²) < 4.78 is 0. The van der Waals surface area contributed by atoms with Crippen molar-refractivity contribution in [3.63, 3.8) is 0 Å². The van der Waals surface area contributed by atoms with Crippen molar-refractivity contribution in [2.75, 3.05) is 0 Å². The summed E-state index contributed by atoms with van der Waals surface area (Å²) in [5.41, 5.74) is 0. The smallest absolute Gasteiger partial charge is 0.0726 e. The molecule has 2 aliphatic carbocycles. The number of nitriles is 1. The van der Waals surface area contributed by atoms with E-state index < -0.39 is 16.1 Å². The van der Waals surface area contributed by atoms with E-state index in [0.717, 1.165) is 12.8 Å². The fourth-order valence-electron chi connectivity index (χ4n) is 4.36. The van der Waals surface area contributed by atoms with E-state index in [0.29, 0.717) is 17.8 Å². The van der Waals surface area contributed by atoms with Gasteiger partial charge in [-0.05, 0) is 30.6 Å². The van der Waals surface area contributed by atoms with Gasteiger partial charge in [-0.1, -0.05) is 61.8 Å². The molecule has 0 aromatic heterocycles. The number of hydrogen-bond acceptors (Lipinski definition) is 1. The lowest BCUT2D eigenvalue weighted by molar-refractivity contribution is 0.388. The molecule has 1 nitrogen and oxygen atoms in total. The Kier molecular flexibility index (Phi) is 4.19. The summed E-state index contributed by atoms with van der Waals surface area (Å²) in [6.45, 7) is 15.0. The van der Waals surface area contributed by atoms with Crippen molar-refractivity contribution in [1.29, 1.82) is 5.26 Å². The zero-order valence-corrected chi connectivity index (χ0v) is 16.0. The Morgan fingerprint density at radius 1 is 1.10 bits per heavy atom. The minimum atomic E-state index is -1.31.